The predicted molar refractivity (Wildman–Crippen MR) is 119 cm³/mol. The van der Waals surface area contributed by atoms with Gasteiger partial charge in [-0.2, -0.15) is 9.37 Å². The number of pyridine rings is 1. The number of carbonyl (C=O) groups excluding carboxylic acids is 3. The van der Waals surface area contributed by atoms with Gasteiger partial charge in [-0.1, -0.05) is 16.8 Å². The standard InChI is InChI=1S/C22H22ClFN6O4/c1-10-8-13(9-25-19(10)24)28-20(32)15-14-6-4-5-7-30(14)17(16(15)23)18(31)21(33)26-11(2)22-27-12(3)29-34-22/h8-9,11H,4-7H2,1-3H3,(H,26,33)(H,28,32)/t11-/m1/s1. The van der Waals surface area contributed by atoms with Gasteiger partial charge in [-0.15, -0.1) is 0 Å². The molecule has 0 bridgehead atoms. The van der Waals surface area contributed by atoms with E-state index in [0.29, 0.717) is 24.5 Å². The number of amides is 2. The van der Waals surface area contributed by atoms with Crippen LogP contribution in [0.4, 0.5) is 10.1 Å². The maximum atomic E-state index is 13.5. The van der Waals surface area contributed by atoms with E-state index in [1.54, 1.807) is 18.4 Å². The molecule has 0 spiro atoms. The van der Waals surface area contributed by atoms with Crippen LogP contribution in [0.5, 0.6) is 0 Å². The van der Waals surface area contributed by atoms with Crippen LogP contribution in [0.25, 0.3) is 0 Å². The summed E-state index contributed by atoms with van der Waals surface area (Å²) in [5.74, 6) is -2.45. The minimum absolute atomic E-state index is 0.0543. The number of hydrogen-bond acceptors (Lipinski definition) is 7. The zero-order chi connectivity index (χ0) is 24.6. The van der Waals surface area contributed by atoms with Gasteiger partial charge in [-0.3, -0.25) is 14.4 Å². The van der Waals surface area contributed by atoms with Gasteiger partial charge in [0.15, 0.2) is 5.82 Å². The van der Waals surface area contributed by atoms with Crippen molar-refractivity contribution in [3.05, 3.63) is 57.5 Å². The fraction of sp³-hybridized carbons (Fsp3) is 0.364. The van der Waals surface area contributed by atoms with Crippen LogP contribution in [-0.2, 0) is 17.8 Å². The average molecular weight is 489 g/mol. The zero-order valence-corrected chi connectivity index (χ0v) is 19.5. The topological polar surface area (TPSA) is 132 Å². The molecule has 1 aliphatic rings. The Labute approximate surface area is 198 Å². The molecule has 12 heteroatoms. The summed E-state index contributed by atoms with van der Waals surface area (Å²) >= 11 is 6.53. The molecule has 0 fully saturated rings. The Kier molecular flexibility index (Phi) is 6.47. The number of nitrogens with zero attached hydrogens (tertiary/aromatic N) is 4. The predicted octanol–water partition coefficient (Wildman–Crippen LogP) is 3.32. The van der Waals surface area contributed by atoms with E-state index in [1.807, 2.05) is 0 Å². The van der Waals surface area contributed by atoms with Gasteiger partial charge in [0, 0.05) is 17.8 Å². The van der Waals surface area contributed by atoms with Crippen molar-refractivity contribution in [3.63, 3.8) is 0 Å². The van der Waals surface area contributed by atoms with Crippen LogP contribution in [0.1, 0.15) is 69.6 Å². The molecule has 34 heavy (non-hydrogen) atoms. The highest BCUT2D eigenvalue weighted by molar-refractivity contribution is 6.48. The molecule has 3 aromatic heterocycles. The van der Waals surface area contributed by atoms with Crippen molar-refractivity contribution in [1.29, 1.82) is 0 Å². The molecule has 1 atom stereocenters. The molecular weight excluding hydrogens is 467 g/mol. The van der Waals surface area contributed by atoms with E-state index in [1.165, 1.54) is 19.2 Å². The normalized spacial score (nSPS) is 13.8. The third-order valence-electron chi connectivity index (χ3n) is 5.54. The Balaban J connectivity index is 1.63. The van der Waals surface area contributed by atoms with E-state index in [0.717, 1.165) is 12.8 Å². The summed E-state index contributed by atoms with van der Waals surface area (Å²) in [6.07, 6.45) is 3.26. The van der Waals surface area contributed by atoms with Crippen LogP contribution in [0.2, 0.25) is 5.02 Å². The lowest BCUT2D eigenvalue weighted by Gasteiger charge is -2.18. The van der Waals surface area contributed by atoms with Crippen LogP contribution in [0.15, 0.2) is 16.8 Å². The maximum Gasteiger partial charge on any atom is 0.294 e. The van der Waals surface area contributed by atoms with Crippen LogP contribution in [0, 0.1) is 19.8 Å². The monoisotopic (exact) mass is 488 g/mol. The van der Waals surface area contributed by atoms with Crippen molar-refractivity contribution < 1.29 is 23.3 Å². The van der Waals surface area contributed by atoms with Gasteiger partial charge in [0.2, 0.25) is 11.8 Å². The number of aryl methyl sites for hydroxylation is 2. The number of rotatable bonds is 6. The number of hydrogen-bond donors (Lipinski definition) is 2. The first-order valence-electron chi connectivity index (χ1n) is 10.7. The number of fused-ring (bicyclic) bond motifs is 1. The van der Waals surface area contributed by atoms with E-state index in [9.17, 15) is 18.8 Å². The van der Waals surface area contributed by atoms with E-state index < -0.39 is 29.6 Å². The maximum absolute atomic E-state index is 13.5. The molecule has 0 saturated heterocycles. The molecule has 0 saturated carbocycles. The summed E-state index contributed by atoms with van der Waals surface area (Å²) < 4.78 is 20.1. The largest absolute Gasteiger partial charge is 0.340 e. The molecule has 178 valence electrons. The second-order valence-corrected chi connectivity index (χ2v) is 8.46. The number of halogens is 2. The second kappa shape index (κ2) is 9.34. The highest BCUT2D eigenvalue weighted by Crippen LogP contribution is 2.33. The number of nitrogens with one attached hydrogen (secondary N) is 2. The fourth-order valence-electron chi connectivity index (χ4n) is 3.90. The van der Waals surface area contributed by atoms with Crippen molar-refractivity contribution in [2.75, 3.05) is 5.32 Å². The van der Waals surface area contributed by atoms with Crippen LogP contribution >= 0.6 is 11.6 Å². The summed E-state index contributed by atoms with van der Waals surface area (Å²) in [7, 11) is 0. The van der Waals surface area contributed by atoms with Crippen molar-refractivity contribution in [2.45, 2.75) is 52.6 Å². The first-order chi connectivity index (χ1) is 16.2. The van der Waals surface area contributed by atoms with E-state index in [-0.39, 0.29) is 33.4 Å². The van der Waals surface area contributed by atoms with Crippen molar-refractivity contribution >= 4 is 34.9 Å². The molecule has 0 aromatic carbocycles. The molecule has 0 aliphatic carbocycles. The third kappa shape index (κ3) is 4.43. The summed E-state index contributed by atoms with van der Waals surface area (Å²) in [6.45, 7) is 5.20. The van der Waals surface area contributed by atoms with Gasteiger partial charge in [-0.25, -0.2) is 4.98 Å². The Morgan fingerprint density at radius 3 is 2.71 bits per heavy atom. The van der Waals surface area contributed by atoms with Crippen molar-refractivity contribution in [3.8, 4) is 0 Å². The molecule has 0 radical (unpaired) electrons. The zero-order valence-electron chi connectivity index (χ0n) is 18.7. The molecule has 2 N–H and O–H groups in total. The first kappa shape index (κ1) is 23.6. The van der Waals surface area contributed by atoms with E-state index in [2.05, 4.69) is 25.8 Å². The van der Waals surface area contributed by atoms with Gasteiger partial charge in [0.25, 0.3) is 17.6 Å². The highest BCUT2D eigenvalue weighted by Gasteiger charge is 2.34. The molecule has 4 heterocycles. The number of ketones is 1. The molecule has 4 rings (SSSR count). The van der Waals surface area contributed by atoms with Gasteiger partial charge in [0.05, 0.1) is 22.5 Å². The summed E-state index contributed by atoms with van der Waals surface area (Å²) in [5, 5.41) is 8.74. The SMILES string of the molecule is Cc1noc([C@@H](C)NC(=O)C(=O)c2c(Cl)c(C(=O)Nc3cnc(F)c(C)c3)c3n2CCCC3)n1. The second-order valence-electron chi connectivity index (χ2n) is 8.08. The summed E-state index contributed by atoms with van der Waals surface area (Å²) in [6, 6.07) is 0.737. The lowest BCUT2D eigenvalue weighted by molar-refractivity contribution is -0.117. The van der Waals surface area contributed by atoms with Gasteiger partial charge >= 0.3 is 0 Å². The van der Waals surface area contributed by atoms with E-state index in [4.69, 9.17) is 16.1 Å². The Morgan fingerprint density at radius 2 is 2.03 bits per heavy atom. The lowest BCUT2D eigenvalue weighted by Crippen LogP contribution is -2.35. The van der Waals surface area contributed by atoms with E-state index >= 15 is 0 Å². The number of Topliss-reactive ketones (excluding diaryl/α,β-unsaturated/α-hetero) is 1. The molecular formula is C22H22ClFN6O4. The van der Waals surface area contributed by atoms with Crippen LogP contribution in [-0.4, -0.2) is 37.3 Å². The quantitative estimate of drug-likeness (QED) is 0.309. The Bertz CT molecular complexity index is 1300. The molecule has 0 unspecified atom stereocenters. The Hall–Kier alpha value is -3.60. The molecule has 2 amide bonds. The van der Waals surface area contributed by atoms with Crippen LogP contribution in [0.3, 0.4) is 0 Å². The fourth-order valence-corrected chi connectivity index (χ4v) is 4.28. The summed E-state index contributed by atoms with van der Waals surface area (Å²) in [5.41, 5.74) is 1.17. The number of aromatic nitrogens is 4. The first-order valence-corrected chi connectivity index (χ1v) is 11.0. The van der Waals surface area contributed by atoms with Crippen LogP contribution < -0.4 is 10.6 Å². The summed E-state index contributed by atoms with van der Waals surface area (Å²) in [4.78, 5) is 46.6. The molecule has 1 aliphatic heterocycles. The highest BCUT2D eigenvalue weighted by atomic mass is 35.5. The van der Waals surface area contributed by atoms with Crippen molar-refractivity contribution in [2.24, 2.45) is 0 Å². The van der Waals surface area contributed by atoms with Crippen molar-refractivity contribution in [1.82, 2.24) is 25.0 Å². The molecule has 10 nitrogen and oxygen atoms in total. The third-order valence-corrected chi connectivity index (χ3v) is 5.91. The lowest BCUT2D eigenvalue weighted by atomic mass is 10.1. The van der Waals surface area contributed by atoms with Gasteiger partial charge in [-0.05, 0) is 46.1 Å². The van der Waals surface area contributed by atoms with Gasteiger partial charge in [0.1, 0.15) is 11.7 Å². The number of anilines is 1. The smallest absolute Gasteiger partial charge is 0.294 e. The minimum Gasteiger partial charge on any atom is -0.340 e. The van der Waals surface area contributed by atoms with Gasteiger partial charge < -0.3 is 19.7 Å². The molecule has 3 aromatic rings. The Morgan fingerprint density at radius 1 is 1.26 bits per heavy atom. The minimum atomic E-state index is -0.915. The number of carbonyl (C=O) groups is 3. The average Bonchev–Trinajstić information content (AvgIpc) is 3.36.